The van der Waals surface area contributed by atoms with Crippen LogP contribution < -0.4 is 5.32 Å². The zero-order valence-corrected chi connectivity index (χ0v) is 18.2. The van der Waals surface area contributed by atoms with E-state index in [0.29, 0.717) is 17.8 Å². The van der Waals surface area contributed by atoms with E-state index in [-0.39, 0.29) is 35.5 Å². The summed E-state index contributed by atoms with van der Waals surface area (Å²) in [6.45, 7) is 0.500. The minimum Gasteiger partial charge on any atom is -0.364 e. The Kier molecular flexibility index (Phi) is 6.05. The van der Waals surface area contributed by atoms with Crippen LogP contribution in [0.2, 0.25) is 0 Å². The van der Waals surface area contributed by atoms with Gasteiger partial charge in [0.15, 0.2) is 22.8 Å². The molecule has 4 aromatic rings. The molecule has 1 atom stereocenters. The van der Waals surface area contributed by atoms with Crippen LogP contribution in [0.1, 0.15) is 36.6 Å². The molecule has 0 radical (unpaired) electrons. The fourth-order valence-electron chi connectivity index (χ4n) is 3.88. The quantitative estimate of drug-likeness (QED) is 0.373. The summed E-state index contributed by atoms with van der Waals surface area (Å²) in [6.07, 6.45) is 1.15. The van der Waals surface area contributed by atoms with Gasteiger partial charge in [0, 0.05) is 42.7 Å². The highest BCUT2D eigenvalue weighted by Gasteiger charge is 2.31. The normalized spacial score (nSPS) is 16.5. The fourth-order valence-corrected chi connectivity index (χ4v) is 3.88. The van der Waals surface area contributed by atoms with Crippen molar-refractivity contribution in [2.24, 2.45) is 0 Å². The number of benzene rings is 1. The minimum atomic E-state index is -4.59. The van der Waals surface area contributed by atoms with Crippen molar-refractivity contribution in [3.05, 3.63) is 65.7 Å². The third kappa shape index (κ3) is 4.78. The summed E-state index contributed by atoms with van der Waals surface area (Å²) < 4.78 is 74.7. The summed E-state index contributed by atoms with van der Waals surface area (Å²) >= 11 is 0. The Morgan fingerprint density at radius 2 is 1.94 bits per heavy atom. The summed E-state index contributed by atoms with van der Waals surface area (Å²) in [6, 6.07) is 4.10. The van der Waals surface area contributed by atoms with Crippen molar-refractivity contribution in [1.29, 1.82) is 0 Å². The van der Waals surface area contributed by atoms with Crippen LogP contribution in [0, 0.1) is 11.6 Å². The molecule has 1 aromatic carbocycles. The van der Waals surface area contributed by atoms with E-state index in [1.54, 1.807) is 4.57 Å². The number of rotatable bonds is 5. The first kappa shape index (κ1) is 23.1. The lowest BCUT2D eigenvalue weighted by atomic mass is 10.2. The zero-order valence-electron chi connectivity index (χ0n) is 18.2. The number of fused-ring (bicyclic) bond motifs is 1. The number of anilines is 1. The molecule has 4 heterocycles. The molecule has 0 saturated carbocycles. The minimum absolute atomic E-state index is 0.0178. The van der Waals surface area contributed by atoms with Crippen LogP contribution in [0.5, 0.6) is 0 Å². The standard InChI is InChI=1S/C23H19F5N6O/c24-16-5-4-13(17(25)8-16)10-30-21-19-22(34(12-31-19)18-3-1-2-6-35-18)33-20(32-21)14-7-15(11-29-9-14)23(26,27)28/h4-5,7-9,11-12,18H,1-3,6,10H2,(H,30,32,33). The molecule has 7 nitrogen and oxygen atoms in total. The van der Waals surface area contributed by atoms with Crippen molar-refractivity contribution >= 4 is 17.0 Å². The monoisotopic (exact) mass is 490 g/mol. The number of pyridine rings is 1. The Morgan fingerprint density at radius 3 is 2.69 bits per heavy atom. The molecular formula is C23H19F5N6O. The largest absolute Gasteiger partial charge is 0.417 e. The molecule has 1 aliphatic heterocycles. The molecule has 5 rings (SSSR count). The van der Waals surface area contributed by atoms with Gasteiger partial charge in [-0.05, 0) is 31.4 Å². The average Bonchev–Trinajstić information content (AvgIpc) is 3.28. The van der Waals surface area contributed by atoms with Crippen LogP contribution in [-0.2, 0) is 17.5 Å². The fraction of sp³-hybridized carbons (Fsp3) is 0.304. The van der Waals surface area contributed by atoms with Crippen molar-refractivity contribution in [1.82, 2.24) is 24.5 Å². The van der Waals surface area contributed by atoms with Crippen LogP contribution in [0.15, 0.2) is 43.0 Å². The van der Waals surface area contributed by atoms with Gasteiger partial charge in [-0.15, -0.1) is 0 Å². The number of aromatic nitrogens is 5. The van der Waals surface area contributed by atoms with E-state index in [1.807, 2.05) is 0 Å². The molecule has 1 unspecified atom stereocenters. The Bertz CT molecular complexity index is 1370. The highest BCUT2D eigenvalue weighted by Crippen LogP contribution is 2.33. The topological polar surface area (TPSA) is 77.8 Å². The highest BCUT2D eigenvalue weighted by atomic mass is 19.4. The molecule has 0 amide bonds. The first-order valence-electron chi connectivity index (χ1n) is 10.9. The van der Waals surface area contributed by atoms with E-state index in [9.17, 15) is 22.0 Å². The molecule has 0 bridgehead atoms. The molecule has 35 heavy (non-hydrogen) atoms. The number of halogens is 5. The predicted molar refractivity (Wildman–Crippen MR) is 116 cm³/mol. The van der Waals surface area contributed by atoms with Gasteiger partial charge in [-0.1, -0.05) is 6.07 Å². The van der Waals surface area contributed by atoms with E-state index < -0.39 is 23.4 Å². The summed E-state index contributed by atoms with van der Waals surface area (Å²) in [7, 11) is 0. The van der Waals surface area contributed by atoms with E-state index in [0.717, 1.165) is 43.7 Å². The Balaban J connectivity index is 1.59. The number of hydrogen-bond donors (Lipinski definition) is 1. The molecule has 182 valence electrons. The van der Waals surface area contributed by atoms with Gasteiger partial charge in [0.1, 0.15) is 17.9 Å². The third-order valence-corrected chi connectivity index (χ3v) is 5.67. The zero-order chi connectivity index (χ0) is 24.6. The number of imidazole rings is 1. The maximum Gasteiger partial charge on any atom is 0.417 e. The van der Waals surface area contributed by atoms with Crippen LogP contribution in [0.25, 0.3) is 22.6 Å². The van der Waals surface area contributed by atoms with Crippen LogP contribution in [-0.4, -0.2) is 31.1 Å². The molecule has 1 fully saturated rings. The van der Waals surface area contributed by atoms with Crippen molar-refractivity contribution < 1.29 is 26.7 Å². The number of nitrogens with one attached hydrogen (secondary N) is 1. The molecule has 0 aliphatic carbocycles. The first-order chi connectivity index (χ1) is 16.8. The van der Waals surface area contributed by atoms with Crippen molar-refractivity contribution in [3.8, 4) is 11.4 Å². The predicted octanol–water partition coefficient (Wildman–Crippen LogP) is 5.50. The second-order valence-electron chi connectivity index (χ2n) is 8.09. The summed E-state index contributed by atoms with van der Waals surface area (Å²) in [5, 5.41) is 2.96. The molecule has 0 spiro atoms. The maximum atomic E-state index is 14.2. The Morgan fingerprint density at radius 1 is 1.09 bits per heavy atom. The van der Waals surface area contributed by atoms with Gasteiger partial charge in [0.2, 0.25) is 0 Å². The van der Waals surface area contributed by atoms with Crippen molar-refractivity contribution in [2.45, 2.75) is 38.2 Å². The van der Waals surface area contributed by atoms with E-state index in [1.165, 1.54) is 18.6 Å². The van der Waals surface area contributed by atoms with Gasteiger partial charge in [-0.25, -0.2) is 23.7 Å². The lowest BCUT2D eigenvalue weighted by Gasteiger charge is -2.24. The van der Waals surface area contributed by atoms with Gasteiger partial charge >= 0.3 is 6.18 Å². The van der Waals surface area contributed by atoms with E-state index >= 15 is 0 Å². The second-order valence-corrected chi connectivity index (χ2v) is 8.09. The van der Waals surface area contributed by atoms with Gasteiger partial charge in [0.05, 0.1) is 11.9 Å². The summed E-state index contributed by atoms with van der Waals surface area (Å²) in [5.74, 6) is -1.29. The Hall–Kier alpha value is -3.67. The molecular weight excluding hydrogens is 471 g/mol. The summed E-state index contributed by atoms with van der Waals surface area (Å²) in [5.41, 5.74) is -0.0250. The number of hydrogen-bond acceptors (Lipinski definition) is 6. The number of ether oxygens (including phenoxy) is 1. The molecule has 1 N–H and O–H groups in total. The molecule has 1 aliphatic rings. The molecule has 1 saturated heterocycles. The first-order valence-corrected chi connectivity index (χ1v) is 10.9. The average molecular weight is 490 g/mol. The van der Waals surface area contributed by atoms with Crippen LogP contribution in [0.4, 0.5) is 27.8 Å². The van der Waals surface area contributed by atoms with Gasteiger partial charge in [-0.2, -0.15) is 13.2 Å². The van der Waals surface area contributed by atoms with E-state index in [4.69, 9.17) is 4.74 Å². The molecule has 12 heteroatoms. The SMILES string of the molecule is Fc1ccc(CNc2nc(-c3cncc(C(F)(F)F)c3)nc3c2ncn3C2CCCCO2)c(F)c1. The maximum absolute atomic E-state index is 14.2. The van der Waals surface area contributed by atoms with Gasteiger partial charge < -0.3 is 10.1 Å². The van der Waals surface area contributed by atoms with Crippen molar-refractivity contribution in [2.75, 3.05) is 11.9 Å². The number of alkyl halides is 3. The van der Waals surface area contributed by atoms with Crippen LogP contribution >= 0.6 is 0 Å². The second kappa shape index (κ2) is 9.17. The van der Waals surface area contributed by atoms with E-state index in [2.05, 4.69) is 25.3 Å². The Labute approximate surface area is 196 Å². The van der Waals surface area contributed by atoms with Crippen LogP contribution in [0.3, 0.4) is 0 Å². The van der Waals surface area contributed by atoms with Gasteiger partial charge in [0.25, 0.3) is 0 Å². The molecule has 3 aromatic heterocycles. The highest BCUT2D eigenvalue weighted by molar-refractivity contribution is 5.85. The lowest BCUT2D eigenvalue weighted by Crippen LogP contribution is -2.18. The third-order valence-electron chi connectivity index (χ3n) is 5.67. The van der Waals surface area contributed by atoms with Gasteiger partial charge in [-0.3, -0.25) is 9.55 Å². The van der Waals surface area contributed by atoms with Crippen molar-refractivity contribution in [3.63, 3.8) is 0 Å². The smallest absolute Gasteiger partial charge is 0.364 e. The summed E-state index contributed by atoms with van der Waals surface area (Å²) in [4.78, 5) is 16.9. The lowest BCUT2D eigenvalue weighted by molar-refractivity contribution is -0.137. The number of nitrogens with zero attached hydrogens (tertiary/aromatic N) is 5.